The van der Waals surface area contributed by atoms with Crippen LogP contribution in [0.2, 0.25) is 0 Å². The highest BCUT2D eigenvalue weighted by atomic mass is 16.1. The Morgan fingerprint density at radius 1 is 1.33 bits per heavy atom. The smallest absolute Gasteiger partial charge is 0.217 e. The summed E-state index contributed by atoms with van der Waals surface area (Å²) < 4.78 is 0. The Kier molecular flexibility index (Phi) is 4.94. The van der Waals surface area contributed by atoms with E-state index in [0.29, 0.717) is 18.9 Å². The van der Waals surface area contributed by atoms with E-state index < -0.39 is 5.54 Å². The minimum atomic E-state index is -0.988. The summed E-state index contributed by atoms with van der Waals surface area (Å²) in [6.07, 6.45) is 2.32. The second kappa shape index (κ2) is 6.70. The number of nitrogens with two attached hydrogens (primary N) is 2. The lowest BCUT2D eigenvalue weighted by atomic mass is 9.89. The Morgan fingerprint density at radius 3 is 2.48 bits per heavy atom. The van der Waals surface area contributed by atoms with Crippen molar-refractivity contribution in [1.82, 2.24) is 4.90 Å². The summed E-state index contributed by atoms with van der Waals surface area (Å²) in [5, 5.41) is 9.48. The van der Waals surface area contributed by atoms with Crippen LogP contribution in [0.15, 0.2) is 30.3 Å². The SMILES string of the molecule is N#CC(N)(CN1CCC(CC(N)=O)CC1)c1ccccc1. The van der Waals surface area contributed by atoms with Crippen LogP contribution < -0.4 is 11.5 Å². The van der Waals surface area contributed by atoms with Crippen molar-refractivity contribution in [2.45, 2.75) is 24.8 Å². The van der Waals surface area contributed by atoms with Crippen LogP contribution in [0.1, 0.15) is 24.8 Å². The van der Waals surface area contributed by atoms with E-state index in [1.54, 1.807) is 0 Å². The molecule has 2 rings (SSSR count). The molecule has 1 unspecified atom stereocenters. The maximum Gasteiger partial charge on any atom is 0.217 e. The lowest BCUT2D eigenvalue weighted by molar-refractivity contribution is -0.119. The molecule has 1 heterocycles. The van der Waals surface area contributed by atoms with Crippen molar-refractivity contribution in [3.8, 4) is 6.07 Å². The molecule has 1 fully saturated rings. The van der Waals surface area contributed by atoms with Crippen molar-refractivity contribution in [3.63, 3.8) is 0 Å². The molecule has 1 aliphatic rings. The second-order valence-electron chi connectivity index (χ2n) is 5.84. The van der Waals surface area contributed by atoms with Gasteiger partial charge in [-0.3, -0.25) is 4.79 Å². The number of benzene rings is 1. The molecule has 0 spiro atoms. The first-order valence-corrected chi connectivity index (χ1v) is 7.30. The van der Waals surface area contributed by atoms with E-state index in [2.05, 4.69) is 11.0 Å². The van der Waals surface area contributed by atoms with Crippen LogP contribution in [0.3, 0.4) is 0 Å². The molecule has 1 aromatic rings. The molecule has 1 aromatic carbocycles. The molecule has 1 saturated heterocycles. The number of carbonyl (C=O) groups is 1. The summed E-state index contributed by atoms with van der Waals surface area (Å²) in [5.41, 5.74) is 11.4. The number of piperidine rings is 1. The Labute approximate surface area is 125 Å². The average Bonchev–Trinajstić information content (AvgIpc) is 2.49. The molecule has 0 radical (unpaired) electrons. The predicted molar refractivity (Wildman–Crippen MR) is 80.9 cm³/mol. The predicted octanol–water partition coefficient (Wildman–Crippen LogP) is 0.952. The van der Waals surface area contributed by atoms with Gasteiger partial charge in [0.1, 0.15) is 5.54 Å². The number of nitriles is 1. The third-order valence-electron chi connectivity index (χ3n) is 4.16. The fourth-order valence-electron chi connectivity index (χ4n) is 2.91. The lowest BCUT2D eigenvalue weighted by Crippen LogP contribution is -2.49. The summed E-state index contributed by atoms with van der Waals surface area (Å²) in [6, 6.07) is 11.7. The van der Waals surface area contributed by atoms with Crippen molar-refractivity contribution in [3.05, 3.63) is 35.9 Å². The monoisotopic (exact) mass is 286 g/mol. The van der Waals surface area contributed by atoms with Gasteiger partial charge in [0.05, 0.1) is 6.07 Å². The summed E-state index contributed by atoms with van der Waals surface area (Å²) >= 11 is 0. The summed E-state index contributed by atoms with van der Waals surface area (Å²) in [5.74, 6) is 0.132. The van der Waals surface area contributed by atoms with Crippen LogP contribution in [-0.2, 0) is 10.3 Å². The molecule has 21 heavy (non-hydrogen) atoms. The molecule has 1 aliphatic heterocycles. The quantitative estimate of drug-likeness (QED) is 0.842. The molecule has 0 aliphatic carbocycles. The van der Waals surface area contributed by atoms with Gasteiger partial charge in [-0.1, -0.05) is 30.3 Å². The number of nitrogens with zero attached hydrogens (tertiary/aromatic N) is 2. The molecular formula is C16H22N4O. The van der Waals surface area contributed by atoms with E-state index >= 15 is 0 Å². The second-order valence-corrected chi connectivity index (χ2v) is 5.84. The standard InChI is InChI=1S/C16H22N4O/c17-11-16(19,14-4-2-1-3-5-14)12-20-8-6-13(7-9-20)10-15(18)21/h1-5,13H,6-10,12,19H2,(H2,18,21). The molecule has 5 heteroatoms. The third-order valence-corrected chi connectivity index (χ3v) is 4.16. The number of amides is 1. The first-order chi connectivity index (χ1) is 10.0. The third kappa shape index (κ3) is 4.03. The van der Waals surface area contributed by atoms with E-state index in [1.165, 1.54) is 0 Å². The van der Waals surface area contributed by atoms with E-state index in [4.69, 9.17) is 11.5 Å². The van der Waals surface area contributed by atoms with Gasteiger partial charge < -0.3 is 16.4 Å². The molecular weight excluding hydrogens is 264 g/mol. The van der Waals surface area contributed by atoms with Crippen LogP contribution in [0.5, 0.6) is 0 Å². The Balaban J connectivity index is 1.95. The first-order valence-electron chi connectivity index (χ1n) is 7.30. The average molecular weight is 286 g/mol. The molecule has 5 nitrogen and oxygen atoms in total. The van der Waals surface area contributed by atoms with Gasteiger partial charge in [-0.05, 0) is 37.4 Å². The van der Waals surface area contributed by atoms with Crippen LogP contribution >= 0.6 is 0 Å². The summed E-state index contributed by atoms with van der Waals surface area (Å²) in [4.78, 5) is 13.2. The van der Waals surface area contributed by atoms with Gasteiger partial charge in [0.25, 0.3) is 0 Å². The van der Waals surface area contributed by atoms with Gasteiger partial charge in [-0.15, -0.1) is 0 Å². The molecule has 4 N–H and O–H groups in total. The maximum absolute atomic E-state index is 11.0. The zero-order valence-corrected chi connectivity index (χ0v) is 12.2. The maximum atomic E-state index is 11.0. The molecule has 0 saturated carbocycles. The number of hydrogen-bond acceptors (Lipinski definition) is 4. The van der Waals surface area contributed by atoms with Crippen molar-refractivity contribution in [2.24, 2.45) is 17.4 Å². The topological polar surface area (TPSA) is 96.1 Å². The zero-order chi connectivity index (χ0) is 15.3. The van der Waals surface area contributed by atoms with Crippen molar-refractivity contribution >= 4 is 5.91 Å². The number of likely N-dealkylation sites (tertiary alicyclic amines) is 1. The highest BCUT2D eigenvalue weighted by molar-refractivity contribution is 5.73. The molecule has 0 bridgehead atoms. The molecule has 0 aromatic heterocycles. The summed E-state index contributed by atoms with van der Waals surface area (Å²) in [7, 11) is 0. The Bertz CT molecular complexity index is 517. The van der Waals surface area contributed by atoms with Gasteiger partial charge in [0.2, 0.25) is 5.91 Å². The largest absolute Gasteiger partial charge is 0.370 e. The number of hydrogen-bond donors (Lipinski definition) is 2. The van der Waals surface area contributed by atoms with Gasteiger partial charge in [0.15, 0.2) is 0 Å². The minimum Gasteiger partial charge on any atom is -0.370 e. The van der Waals surface area contributed by atoms with Gasteiger partial charge in [0, 0.05) is 13.0 Å². The van der Waals surface area contributed by atoms with Gasteiger partial charge in [-0.25, -0.2) is 0 Å². The first kappa shape index (κ1) is 15.5. The number of primary amides is 1. The van der Waals surface area contributed by atoms with Crippen molar-refractivity contribution < 1.29 is 4.79 Å². The zero-order valence-electron chi connectivity index (χ0n) is 12.2. The van der Waals surface area contributed by atoms with Crippen molar-refractivity contribution in [1.29, 1.82) is 5.26 Å². The lowest BCUT2D eigenvalue weighted by Gasteiger charge is -2.35. The fraction of sp³-hybridized carbons (Fsp3) is 0.500. The van der Waals surface area contributed by atoms with Crippen LogP contribution in [0.25, 0.3) is 0 Å². The highest BCUT2D eigenvalue weighted by Crippen LogP contribution is 2.24. The van der Waals surface area contributed by atoms with E-state index in [-0.39, 0.29) is 5.91 Å². The van der Waals surface area contributed by atoms with E-state index in [1.807, 2.05) is 30.3 Å². The Hall–Kier alpha value is -1.90. The van der Waals surface area contributed by atoms with Gasteiger partial charge in [-0.2, -0.15) is 5.26 Å². The van der Waals surface area contributed by atoms with Crippen LogP contribution in [0.4, 0.5) is 0 Å². The normalized spacial score (nSPS) is 19.6. The van der Waals surface area contributed by atoms with E-state index in [9.17, 15) is 10.1 Å². The van der Waals surface area contributed by atoms with Crippen molar-refractivity contribution in [2.75, 3.05) is 19.6 Å². The molecule has 112 valence electrons. The van der Waals surface area contributed by atoms with Crippen LogP contribution in [0, 0.1) is 17.2 Å². The van der Waals surface area contributed by atoms with E-state index in [0.717, 1.165) is 31.5 Å². The Morgan fingerprint density at radius 2 is 1.95 bits per heavy atom. The molecule has 1 atom stereocenters. The summed E-state index contributed by atoms with van der Waals surface area (Å²) in [6.45, 7) is 2.22. The fourth-order valence-corrected chi connectivity index (χ4v) is 2.91. The van der Waals surface area contributed by atoms with Gasteiger partial charge >= 0.3 is 0 Å². The highest BCUT2D eigenvalue weighted by Gasteiger charge is 2.31. The number of rotatable bonds is 5. The molecule has 1 amide bonds. The number of carbonyl (C=O) groups excluding carboxylic acids is 1. The minimum absolute atomic E-state index is 0.233. The van der Waals surface area contributed by atoms with Crippen LogP contribution in [-0.4, -0.2) is 30.4 Å².